The van der Waals surface area contributed by atoms with Crippen molar-refractivity contribution in [1.82, 2.24) is 5.32 Å². The summed E-state index contributed by atoms with van der Waals surface area (Å²) in [5.74, 6) is -1.41. The highest BCUT2D eigenvalue weighted by Crippen LogP contribution is 2.40. The predicted octanol–water partition coefficient (Wildman–Crippen LogP) is 4.71. The number of ether oxygens (including phenoxy) is 1. The lowest BCUT2D eigenvalue weighted by atomic mass is 9.98. The van der Waals surface area contributed by atoms with E-state index in [4.69, 9.17) is 27.9 Å². The Hall–Kier alpha value is -2.90. The molecule has 0 aromatic heterocycles. The summed E-state index contributed by atoms with van der Waals surface area (Å²) in [6.45, 7) is -0.319. The molecule has 8 heteroatoms. The number of aliphatic carboxylic acids is 1. The van der Waals surface area contributed by atoms with Crippen molar-refractivity contribution < 1.29 is 19.4 Å². The topological polar surface area (TPSA) is 87.7 Å². The van der Waals surface area contributed by atoms with Crippen LogP contribution in [0.1, 0.15) is 22.8 Å². The highest BCUT2D eigenvalue weighted by molar-refractivity contribution is 6.31. The van der Waals surface area contributed by atoms with Crippen LogP contribution < -0.4 is 10.6 Å². The van der Waals surface area contributed by atoms with E-state index in [1.54, 1.807) is 24.3 Å². The molecule has 0 radical (unpaired) electrons. The number of fused-ring (bicyclic) bond motifs is 1. The van der Waals surface area contributed by atoms with Gasteiger partial charge in [-0.05, 0) is 36.2 Å². The quantitative estimate of drug-likeness (QED) is 0.452. The molecule has 0 spiro atoms. The van der Waals surface area contributed by atoms with E-state index in [0.717, 1.165) is 5.56 Å². The largest absolute Gasteiger partial charge is 0.480 e. The van der Waals surface area contributed by atoms with E-state index in [1.165, 1.54) is 0 Å². The molecule has 0 fully saturated rings. The van der Waals surface area contributed by atoms with Gasteiger partial charge >= 0.3 is 5.97 Å². The number of carbonyl (C=O) groups is 2. The molecule has 1 heterocycles. The van der Waals surface area contributed by atoms with Crippen molar-refractivity contribution in [2.75, 3.05) is 11.9 Å². The van der Waals surface area contributed by atoms with Gasteiger partial charge in [0, 0.05) is 32.9 Å². The van der Waals surface area contributed by atoms with Gasteiger partial charge in [0.15, 0.2) is 6.10 Å². The number of hydrogen-bond donors (Lipinski definition) is 3. The number of anilines is 1. The summed E-state index contributed by atoms with van der Waals surface area (Å²) >= 11 is 12.8. The van der Waals surface area contributed by atoms with Crippen molar-refractivity contribution in [3.8, 4) is 0 Å². The van der Waals surface area contributed by atoms with Gasteiger partial charge in [-0.2, -0.15) is 0 Å². The first-order chi connectivity index (χ1) is 15.9. The summed E-state index contributed by atoms with van der Waals surface area (Å²) in [5.41, 5.74) is 2.86. The Labute approximate surface area is 201 Å². The van der Waals surface area contributed by atoms with Gasteiger partial charge in [-0.15, -0.1) is 0 Å². The molecule has 1 aliphatic heterocycles. The number of halogens is 2. The summed E-state index contributed by atoms with van der Waals surface area (Å²) in [5, 5.41) is 16.1. The van der Waals surface area contributed by atoms with Crippen molar-refractivity contribution in [1.29, 1.82) is 0 Å². The van der Waals surface area contributed by atoms with Gasteiger partial charge < -0.3 is 20.5 Å². The van der Waals surface area contributed by atoms with Crippen LogP contribution >= 0.6 is 23.2 Å². The first kappa shape index (κ1) is 23.3. The zero-order valence-electron chi connectivity index (χ0n) is 17.5. The smallest absolute Gasteiger partial charge is 0.317 e. The minimum atomic E-state index is -1.03. The maximum absolute atomic E-state index is 13.3. The Balaban J connectivity index is 1.76. The third-order valence-electron chi connectivity index (χ3n) is 5.46. The van der Waals surface area contributed by atoms with Crippen molar-refractivity contribution in [2.24, 2.45) is 0 Å². The molecule has 3 N–H and O–H groups in total. The Bertz CT molecular complexity index is 1160. The monoisotopic (exact) mass is 484 g/mol. The van der Waals surface area contributed by atoms with Crippen LogP contribution in [0.4, 0.5) is 5.69 Å². The van der Waals surface area contributed by atoms with Crippen LogP contribution in [-0.2, 0) is 20.7 Å². The van der Waals surface area contributed by atoms with Crippen molar-refractivity contribution in [3.63, 3.8) is 0 Å². The summed E-state index contributed by atoms with van der Waals surface area (Å²) in [6, 6.07) is 21.3. The molecule has 0 bridgehead atoms. The van der Waals surface area contributed by atoms with E-state index >= 15 is 0 Å². The van der Waals surface area contributed by atoms with E-state index < -0.39 is 24.2 Å². The van der Waals surface area contributed by atoms with E-state index in [2.05, 4.69) is 10.6 Å². The lowest BCUT2D eigenvalue weighted by molar-refractivity contribution is -0.138. The average Bonchev–Trinajstić information content (AvgIpc) is 2.93. The maximum atomic E-state index is 13.3. The second-order valence-corrected chi connectivity index (χ2v) is 8.59. The van der Waals surface area contributed by atoms with Gasteiger partial charge in [-0.1, -0.05) is 71.7 Å². The minimum Gasteiger partial charge on any atom is -0.480 e. The molecule has 3 atom stereocenters. The van der Waals surface area contributed by atoms with Gasteiger partial charge in [-0.25, -0.2) is 0 Å². The molecule has 33 heavy (non-hydrogen) atoms. The van der Waals surface area contributed by atoms with Crippen molar-refractivity contribution in [3.05, 3.63) is 99.5 Å². The molecule has 1 unspecified atom stereocenters. The number of benzene rings is 3. The lowest BCUT2D eigenvalue weighted by Gasteiger charge is -2.29. The Morgan fingerprint density at radius 2 is 1.76 bits per heavy atom. The highest BCUT2D eigenvalue weighted by atomic mass is 35.5. The van der Waals surface area contributed by atoms with E-state index in [9.17, 15) is 14.7 Å². The van der Waals surface area contributed by atoms with Crippen molar-refractivity contribution >= 4 is 40.8 Å². The number of carboxylic acid groups (broad SMARTS) is 1. The van der Waals surface area contributed by atoms with Crippen LogP contribution in [-0.4, -0.2) is 35.7 Å². The maximum Gasteiger partial charge on any atom is 0.317 e. The number of nitrogens with one attached hydrogen (secondary N) is 2. The fourth-order valence-corrected chi connectivity index (χ4v) is 4.34. The van der Waals surface area contributed by atoms with Crippen LogP contribution in [0, 0.1) is 0 Å². The van der Waals surface area contributed by atoms with Crippen LogP contribution in [0.25, 0.3) is 0 Å². The first-order valence-corrected chi connectivity index (χ1v) is 11.2. The van der Waals surface area contributed by atoms with Crippen LogP contribution in [0.15, 0.2) is 72.8 Å². The number of hydrogen-bond acceptors (Lipinski definition) is 4. The molecule has 0 aliphatic carbocycles. The summed E-state index contributed by atoms with van der Waals surface area (Å²) in [7, 11) is 0. The molecule has 0 saturated carbocycles. The average molecular weight is 485 g/mol. The van der Waals surface area contributed by atoms with E-state index in [-0.39, 0.29) is 12.5 Å². The lowest BCUT2D eigenvalue weighted by Crippen LogP contribution is -2.50. The number of amides is 1. The Kier molecular flexibility index (Phi) is 7.30. The SMILES string of the molecule is O=C(O)CNC(Cc1ccccc1)[C@@H]1O[C@@H](c2ccccc2Cl)c2cc(Cl)ccc2NC1=O. The molecule has 3 aromatic carbocycles. The fraction of sp³-hybridized carbons (Fsp3) is 0.200. The first-order valence-electron chi connectivity index (χ1n) is 10.4. The predicted molar refractivity (Wildman–Crippen MR) is 128 cm³/mol. The summed E-state index contributed by atoms with van der Waals surface area (Å²) in [6.07, 6.45) is -1.31. The third-order valence-corrected chi connectivity index (χ3v) is 6.04. The van der Waals surface area contributed by atoms with E-state index in [1.807, 2.05) is 48.5 Å². The van der Waals surface area contributed by atoms with Crippen LogP contribution in [0.3, 0.4) is 0 Å². The summed E-state index contributed by atoms with van der Waals surface area (Å²) < 4.78 is 6.43. The molecule has 1 amide bonds. The molecular formula is C25H22Cl2N2O4. The fourth-order valence-electron chi connectivity index (χ4n) is 3.93. The standard InChI is InChI=1S/C25H22Cl2N2O4/c26-16-10-11-20-18(13-16)23(17-8-4-5-9-19(17)27)33-24(25(32)29-20)21(28-14-22(30)31)12-15-6-2-1-3-7-15/h1-11,13,21,23-24,28H,12,14H2,(H,29,32)(H,30,31)/t21?,23-,24-/m0/s1. The second kappa shape index (κ2) is 10.4. The molecule has 1 aliphatic rings. The second-order valence-electron chi connectivity index (χ2n) is 7.75. The normalized spacial score (nSPS) is 18.7. The van der Waals surface area contributed by atoms with Gasteiger partial charge in [0.1, 0.15) is 6.10 Å². The van der Waals surface area contributed by atoms with Gasteiger partial charge in [0.05, 0.1) is 6.54 Å². The number of rotatable bonds is 7. The molecule has 170 valence electrons. The Morgan fingerprint density at radius 1 is 1.03 bits per heavy atom. The number of carbonyl (C=O) groups excluding carboxylic acids is 1. The van der Waals surface area contributed by atoms with Crippen molar-refractivity contribution in [2.45, 2.75) is 24.7 Å². The van der Waals surface area contributed by atoms with E-state index in [0.29, 0.717) is 33.3 Å². The number of carboxylic acids is 1. The van der Waals surface area contributed by atoms with Crippen LogP contribution in [0.5, 0.6) is 0 Å². The summed E-state index contributed by atoms with van der Waals surface area (Å²) in [4.78, 5) is 24.6. The molecule has 6 nitrogen and oxygen atoms in total. The zero-order valence-corrected chi connectivity index (χ0v) is 19.0. The molecule has 4 rings (SSSR count). The molecule has 0 saturated heterocycles. The van der Waals surface area contributed by atoms with Gasteiger partial charge in [0.25, 0.3) is 5.91 Å². The van der Waals surface area contributed by atoms with Gasteiger partial charge in [0.2, 0.25) is 0 Å². The third kappa shape index (κ3) is 5.54. The highest BCUT2D eigenvalue weighted by Gasteiger charge is 2.37. The Morgan fingerprint density at radius 3 is 2.48 bits per heavy atom. The molecular weight excluding hydrogens is 463 g/mol. The molecule has 3 aromatic rings. The van der Waals surface area contributed by atoms with Crippen LogP contribution in [0.2, 0.25) is 10.0 Å². The zero-order chi connectivity index (χ0) is 23.4. The minimum absolute atomic E-state index is 0.319. The van der Waals surface area contributed by atoms with Gasteiger partial charge in [-0.3, -0.25) is 9.59 Å².